The third-order valence-electron chi connectivity index (χ3n) is 3.63. The highest BCUT2D eigenvalue weighted by Gasteiger charge is 2.06. The number of amides is 1. The van der Waals surface area contributed by atoms with Crippen molar-refractivity contribution in [3.05, 3.63) is 72.2 Å². The zero-order valence-electron chi connectivity index (χ0n) is 14.1. The minimum Gasteiger partial charge on any atom is -0.444 e. The van der Waals surface area contributed by atoms with Gasteiger partial charge in [0.25, 0.3) is 5.91 Å². The van der Waals surface area contributed by atoms with Gasteiger partial charge in [-0.05, 0) is 42.0 Å². The summed E-state index contributed by atoms with van der Waals surface area (Å²) in [6.07, 6.45) is 3.07. The molecule has 0 aliphatic rings. The summed E-state index contributed by atoms with van der Waals surface area (Å²) >= 11 is 0. The molecule has 3 rings (SSSR count). The highest BCUT2D eigenvalue weighted by Crippen LogP contribution is 2.22. The molecule has 0 radical (unpaired) electrons. The van der Waals surface area contributed by atoms with Crippen molar-refractivity contribution >= 4 is 11.6 Å². The maximum atomic E-state index is 11.8. The van der Waals surface area contributed by atoms with E-state index >= 15 is 0 Å². The standard InChI is InChI=1S/C19H18N4O2/c1-23(2)19(24)16-5-3-14(4-6-16)11-21-22-17-9-7-15(8-10-17)18-12-20-13-25-18/h3-10,12-13H,11H2,1-2H3. The second-order valence-electron chi connectivity index (χ2n) is 5.71. The average molecular weight is 334 g/mol. The largest absolute Gasteiger partial charge is 0.444 e. The molecule has 0 spiro atoms. The van der Waals surface area contributed by atoms with Gasteiger partial charge in [0.1, 0.15) is 0 Å². The molecule has 0 aliphatic carbocycles. The third kappa shape index (κ3) is 4.17. The number of oxazole rings is 1. The Kier molecular flexibility index (Phi) is 4.99. The van der Waals surface area contributed by atoms with E-state index in [0.717, 1.165) is 22.6 Å². The first kappa shape index (κ1) is 16.6. The summed E-state index contributed by atoms with van der Waals surface area (Å²) in [7, 11) is 3.47. The summed E-state index contributed by atoms with van der Waals surface area (Å²) in [4.78, 5) is 17.3. The zero-order chi connectivity index (χ0) is 17.6. The van der Waals surface area contributed by atoms with Gasteiger partial charge >= 0.3 is 0 Å². The van der Waals surface area contributed by atoms with Crippen LogP contribution >= 0.6 is 0 Å². The number of aromatic nitrogens is 1. The maximum absolute atomic E-state index is 11.8. The number of hydrogen-bond donors (Lipinski definition) is 0. The molecular formula is C19H18N4O2. The Bertz CT molecular complexity index is 851. The van der Waals surface area contributed by atoms with Gasteiger partial charge in [-0.2, -0.15) is 10.2 Å². The van der Waals surface area contributed by atoms with Crippen LogP contribution in [-0.4, -0.2) is 29.9 Å². The van der Waals surface area contributed by atoms with Crippen LogP contribution in [-0.2, 0) is 6.54 Å². The van der Waals surface area contributed by atoms with Gasteiger partial charge in [-0.1, -0.05) is 12.1 Å². The lowest BCUT2D eigenvalue weighted by molar-refractivity contribution is 0.0827. The molecule has 0 bridgehead atoms. The summed E-state index contributed by atoms with van der Waals surface area (Å²) in [6, 6.07) is 15.0. The van der Waals surface area contributed by atoms with Gasteiger partial charge in [-0.15, -0.1) is 0 Å². The molecule has 2 aromatic carbocycles. The minimum atomic E-state index is -0.0139. The van der Waals surface area contributed by atoms with Crippen molar-refractivity contribution in [2.75, 3.05) is 14.1 Å². The number of benzene rings is 2. The third-order valence-corrected chi connectivity index (χ3v) is 3.63. The van der Waals surface area contributed by atoms with Crippen molar-refractivity contribution in [3.63, 3.8) is 0 Å². The van der Waals surface area contributed by atoms with Crippen LogP contribution in [0.5, 0.6) is 0 Å². The lowest BCUT2D eigenvalue weighted by atomic mass is 10.1. The highest BCUT2D eigenvalue weighted by molar-refractivity contribution is 5.93. The SMILES string of the molecule is CN(C)C(=O)c1ccc(CN=Nc2ccc(-c3cnco3)cc2)cc1. The Hall–Kier alpha value is -3.28. The Morgan fingerprint density at radius 3 is 2.40 bits per heavy atom. The number of carbonyl (C=O) groups is 1. The summed E-state index contributed by atoms with van der Waals surface area (Å²) < 4.78 is 5.25. The van der Waals surface area contributed by atoms with E-state index in [1.54, 1.807) is 37.3 Å². The molecule has 0 fully saturated rings. The first-order valence-corrected chi connectivity index (χ1v) is 7.80. The maximum Gasteiger partial charge on any atom is 0.253 e. The van der Waals surface area contributed by atoms with Crippen molar-refractivity contribution in [2.45, 2.75) is 6.54 Å². The second-order valence-corrected chi connectivity index (χ2v) is 5.71. The van der Waals surface area contributed by atoms with E-state index in [0.29, 0.717) is 12.1 Å². The number of azo groups is 1. The molecule has 6 heteroatoms. The molecule has 0 saturated carbocycles. The number of hydrogen-bond acceptors (Lipinski definition) is 5. The highest BCUT2D eigenvalue weighted by atomic mass is 16.3. The van der Waals surface area contributed by atoms with Gasteiger partial charge in [0.05, 0.1) is 18.4 Å². The molecule has 6 nitrogen and oxygen atoms in total. The number of carbonyl (C=O) groups excluding carboxylic acids is 1. The quantitative estimate of drug-likeness (QED) is 0.652. The van der Waals surface area contributed by atoms with Crippen LogP contribution in [0.4, 0.5) is 5.69 Å². The van der Waals surface area contributed by atoms with Gasteiger partial charge in [0, 0.05) is 25.2 Å². The fourth-order valence-corrected chi connectivity index (χ4v) is 2.26. The van der Waals surface area contributed by atoms with Crippen LogP contribution in [0.3, 0.4) is 0 Å². The Morgan fingerprint density at radius 1 is 1.08 bits per heavy atom. The summed E-state index contributed by atoms with van der Waals surface area (Å²) in [5.74, 6) is 0.705. The van der Waals surface area contributed by atoms with E-state index in [-0.39, 0.29) is 5.91 Å². The van der Waals surface area contributed by atoms with E-state index < -0.39 is 0 Å². The first-order chi connectivity index (χ1) is 12.1. The van der Waals surface area contributed by atoms with Gasteiger partial charge in [0.15, 0.2) is 12.2 Å². The molecule has 3 aromatic rings. The van der Waals surface area contributed by atoms with Crippen LogP contribution in [0.1, 0.15) is 15.9 Å². The number of nitrogens with zero attached hydrogens (tertiary/aromatic N) is 4. The molecule has 25 heavy (non-hydrogen) atoms. The lowest BCUT2D eigenvalue weighted by Gasteiger charge is -2.10. The van der Waals surface area contributed by atoms with Crippen LogP contribution in [0.15, 0.2) is 75.8 Å². The van der Waals surface area contributed by atoms with Crippen molar-refractivity contribution in [3.8, 4) is 11.3 Å². The molecule has 0 atom stereocenters. The Balaban J connectivity index is 1.60. The molecule has 0 unspecified atom stereocenters. The summed E-state index contributed by atoms with van der Waals surface area (Å²) in [5, 5.41) is 8.42. The van der Waals surface area contributed by atoms with E-state index in [1.807, 2.05) is 36.4 Å². The fourth-order valence-electron chi connectivity index (χ4n) is 2.26. The average Bonchev–Trinajstić information content (AvgIpc) is 3.17. The lowest BCUT2D eigenvalue weighted by Crippen LogP contribution is -2.21. The van der Waals surface area contributed by atoms with E-state index in [9.17, 15) is 4.79 Å². The molecule has 1 aromatic heterocycles. The topological polar surface area (TPSA) is 71.1 Å². The molecule has 0 N–H and O–H groups in total. The predicted octanol–water partition coefficient (Wildman–Crippen LogP) is 4.33. The normalized spacial score (nSPS) is 11.0. The molecule has 0 saturated heterocycles. The predicted molar refractivity (Wildman–Crippen MR) is 94.6 cm³/mol. The molecule has 1 amide bonds. The summed E-state index contributed by atoms with van der Waals surface area (Å²) in [5.41, 5.74) is 3.37. The van der Waals surface area contributed by atoms with Gasteiger partial charge < -0.3 is 9.32 Å². The van der Waals surface area contributed by atoms with Crippen molar-refractivity contribution in [2.24, 2.45) is 10.2 Å². The van der Waals surface area contributed by atoms with Crippen LogP contribution < -0.4 is 0 Å². The number of rotatable bonds is 5. The van der Waals surface area contributed by atoms with Crippen molar-refractivity contribution in [1.29, 1.82) is 0 Å². The van der Waals surface area contributed by atoms with E-state index in [2.05, 4.69) is 15.2 Å². The van der Waals surface area contributed by atoms with Crippen LogP contribution in [0.25, 0.3) is 11.3 Å². The summed E-state index contributed by atoms with van der Waals surface area (Å²) in [6.45, 7) is 0.459. The van der Waals surface area contributed by atoms with Gasteiger partial charge in [0.2, 0.25) is 0 Å². The van der Waals surface area contributed by atoms with Crippen molar-refractivity contribution < 1.29 is 9.21 Å². The monoisotopic (exact) mass is 334 g/mol. The molecule has 1 heterocycles. The van der Waals surface area contributed by atoms with E-state index in [4.69, 9.17) is 4.42 Å². The molecule has 0 aliphatic heterocycles. The fraction of sp³-hybridized carbons (Fsp3) is 0.158. The molecular weight excluding hydrogens is 316 g/mol. The van der Waals surface area contributed by atoms with Gasteiger partial charge in [-0.3, -0.25) is 4.79 Å². The van der Waals surface area contributed by atoms with Gasteiger partial charge in [-0.25, -0.2) is 4.98 Å². The van der Waals surface area contributed by atoms with Crippen LogP contribution in [0.2, 0.25) is 0 Å². The van der Waals surface area contributed by atoms with Crippen LogP contribution in [0, 0.1) is 0 Å². The van der Waals surface area contributed by atoms with E-state index in [1.165, 1.54) is 6.39 Å². The minimum absolute atomic E-state index is 0.0139. The smallest absolute Gasteiger partial charge is 0.253 e. The first-order valence-electron chi connectivity index (χ1n) is 7.80. The second kappa shape index (κ2) is 7.53. The Labute approximate surface area is 145 Å². The zero-order valence-corrected chi connectivity index (χ0v) is 14.1. The Morgan fingerprint density at radius 2 is 1.80 bits per heavy atom. The molecule has 126 valence electrons. The van der Waals surface area contributed by atoms with Crippen molar-refractivity contribution in [1.82, 2.24) is 9.88 Å².